The molecule has 4 aromatic rings. The molecule has 0 fully saturated rings. The van der Waals surface area contributed by atoms with E-state index in [1.165, 1.54) is 41.2 Å². The molecular formula is C26H22F5N3O2. The summed E-state index contributed by atoms with van der Waals surface area (Å²) in [6.07, 6.45) is -4.16. The van der Waals surface area contributed by atoms with Crippen LogP contribution < -0.4 is 5.32 Å². The Kier molecular flexibility index (Phi) is 5.66. The van der Waals surface area contributed by atoms with Crippen molar-refractivity contribution in [1.29, 1.82) is 0 Å². The van der Waals surface area contributed by atoms with E-state index in [0.29, 0.717) is 16.6 Å². The Labute approximate surface area is 202 Å². The Morgan fingerprint density at radius 1 is 1.08 bits per heavy atom. The Morgan fingerprint density at radius 2 is 1.81 bits per heavy atom. The number of fused-ring (bicyclic) bond motifs is 2. The molecular weight excluding hydrogens is 481 g/mol. The molecule has 5 nitrogen and oxygen atoms in total. The minimum absolute atomic E-state index is 0.0326. The molecule has 0 unspecified atom stereocenters. The van der Waals surface area contributed by atoms with Gasteiger partial charge in [-0.15, -0.1) is 0 Å². The van der Waals surface area contributed by atoms with Crippen LogP contribution in [0.1, 0.15) is 42.9 Å². The second kappa shape index (κ2) is 8.48. The number of hydrogen-bond donors (Lipinski definition) is 3. The number of aromatic hydroxyl groups is 1. The third-order valence-corrected chi connectivity index (χ3v) is 6.92. The number of alkyl halides is 3. The average molecular weight is 503 g/mol. The van der Waals surface area contributed by atoms with Crippen LogP contribution in [0.3, 0.4) is 0 Å². The molecule has 36 heavy (non-hydrogen) atoms. The zero-order valence-corrected chi connectivity index (χ0v) is 19.0. The molecule has 5 rings (SSSR count). The van der Waals surface area contributed by atoms with Gasteiger partial charge >= 0.3 is 6.18 Å². The number of aromatic nitrogens is 2. The van der Waals surface area contributed by atoms with Gasteiger partial charge in [0.05, 0.1) is 23.4 Å². The minimum Gasteiger partial charge on any atom is -0.505 e. The molecule has 10 heteroatoms. The second-order valence-electron chi connectivity index (χ2n) is 8.98. The molecule has 3 N–H and O–H groups in total. The maximum absolute atomic E-state index is 14.4. The van der Waals surface area contributed by atoms with Crippen LogP contribution in [0, 0.1) is 11.6 Å². The van der Waals surface area contributed by atoms with Gasteiger partial charge in [-0.2, -0.15) is 18.3 Å². The normalized spacial score (nSPS) is 22.0. The van der Waals surface area contributed by atoms with E-state index in [1.807, 2.05) is 0 Å². The second-order valence-corrected chi connectivity index (χ2v) is 8.98. The van der Waals surface area contributed by atoms with Crippen molar-refractivity contribution in [1.82, 2.24) is 9.78 Å². The number of phenolic OH excluding ortho intramolecular Hbond substituents is 1. The molecule has 0 amide bonds. The van der Waals surface area contributed by atoms with Crippen LogP contribution in [0.15, 0.2) is 60.8 Å². The monoisotopic (exact) mass is 503 g/mol. The highest BCUT2D eigenvalue weighted by Crippen LogP contribution is 2.55. The highest BCUT2D eigenvalue weighted by Gasteiger charge is 2.62. The van der Waals surface area contributed by atoms with Gasteiger partial charge in [0.15, 0.2) is 17.2 Å². The molecule has 1 heterocycles. The van der Waals surface area contributed by atoms with Gasteiger partial charge in [0.25, 0.3) is 0 Å². The molecule has 188 valence electrons. The van der Waals surface area contributed by atoms with Gasteiger partial charge in [-0.05, 0) is 66.8 Å². The number of nitrogens with one attached hydrogen (secondary N) is 1. The van der Waals surface area contributed by atoms with Crippen molar-refractivity contribution in [2.75, 3.05) is 5.32 Å². The van der Waals surface area contributed by atoms with Crippen molar-refractivity contribution in [3.8, 4) is 11.4 Å². The first-order chi connectivity index (χ1) is 17.0. The van der Waals surface area contributed by atoms with E-state index in [-0.39, 0.29) is 23.2 Å². The van der Waals surface area contributed by atoms with E-state index in [2.05, 4.69) is 10.4 Å². The molecule has 0 spiro atoms. The molecule has 3 aromatic carbocycles. The van der Waals surface area contributed by atoms with Crippen molar-refractivity contribution in [2.24, 2.45) is 0 Å². The standard InChI is InChI=1S/C26H22F5N3O2/c1-2-14-12-25(36,26(29,30)31)24(17-10-11-19(28)23(35)22(14)17)33-20-4-3-5-21-18(20)13-32-34(21)16-8-6-15(27)7-9-16/h3-11,13-14,24,33,35-36H,2,12H2,1H3/t14-,24-,25+/m0/s1. The average Bonchev–Trinajstić information content (AvgIpc) is 3.27. The fourth-order valence-electron chi connectivity index (χ4n) is 5.08. The number of hydrogen-bond acceptors (Lipinski definition) is 4. The largest absolute Gasteiger partial charge is 0.505 e. The molecule has 3 atom stereocenters. The molecule has 0 bridgehead atoms. The third kappa shape index (κ3) is 3.67. The lowest BCUT2D eigenvalue weighted by atomic mass is 9.69. The lowest BCUT2D eigenvalue weighted by Gasteiger charge is -2.45. The number of aliphatic hydroxyl groups is 1. The molecule has 0 radical (unpaired) electrons. The number of nitrogens with zero attached hydrogens (tertiary/aromatic N) is 2. The van der Waals surface area contributed by atoms with E-state index >= 15 is 0 Å². The van der Waals surface area contributed by atoms with Crippen molar-refractivity contribution in [3.05, 3.63) is 83.6 Å². The van der Waals surface area contributed by atoms with Gasteiger partial charge in [0.2, 0.25) is 0 Å². The number of halogens is 5. The molecule has 0 aliphatic heterocycles. The lowest BCUT2D eigenvalue weighted by Crippen LogP contribution is -2.55. The fourth-order valence-corrected chi connectivity index (χ4v) is 5.08. The van der Waals surface area contributed by atoms with Gasteiger partial charge in [-0.25, -0.2) is 13.5 Å². The summed E-state index contributed by atoms with van der Waals surface area (Å²) < 4.78 is 72.2. The number of anilines is 1. The topological polar surface area (TPSA) is 70.3 Å². The Morgan fingerprint density at radius 3 is 2.47 bits per heavy atom. The Balaban J connectivity index is 1.66. The summed E-state index contributed by atoms with van der Waals surface area (Å²) in [7, 11) is 0. The summed E-state index contributed by atoms with van der Waals surface area (Å²) >= 11 is 0. The highest BCUT2D eigenvalue weighted by molar-refractivity contribution is 5.92. The maximum atomic E-state index is 14.4. The molecule has 0 saturated heterocycles. The minimum atomic E-state index is -5.02. The van der Waals surface area contributed by atoms with Crippen molar-refractivity contribution in [2.45, 2.75) is 43.5 Å². The van der Waals surface area contributed by atoms with Gasteiger partial charge < -0.3 is 15.5 Å². The summed E-state index contributed by atoms with van der Waals surface area (Å²) in [5, 5.41) is 29.1. The number of benzene rings is 3. The first kappa shape index (κ1) is 24.1. The van der Waals surface area contributed by atoms with Crippen LogP contribution in [0.5, 0.6) is 5.75 Å². The predicted octanol–water partition coefficient (Wildman–Crippen LogP) is 6.35. The molecule has 1 aliphatic carbocycles. The highest BCUT2D eigenvalue weighted by atomic mass is 19.4. The molecule has 0 saturated carbocycles. The predicted molar refractivity (Wildman–Crippen MR) is 124 cm³/mol. The van der Waals surface area contributed by atoms with Gasteiger partial charge in [0, 0.05) is 16.6 Å². The van der Waals surface area contributed by atoms with E-state index in [9.17, 15) is 32.2 Å². The van der Waals surface area contributed by atoms with Gasteiger partial charge in [0.1, 0.15) is 5.82 Å². The summed E-state index contributed by atoms with van der Waals surface area (Å²) in [5.74, 6) is -2.98. The number of phenols is 1. The smallest absolute Gasteiger partial charge is 0.419 e. The maximum Gasteiger partial charge on any atom is 0.419 e. The summed E-state index contributed by atoms with van der Waals surface area (Å²) in [6.45, 7) is 1.62. The van der Waals surface area contributed by atoms with Crippen LogP contribution in [0.2, 0.25) is 0 Å². The van der Waals surface area contributed by atoms with Crippen molar-refractivity contribution >= 4 is 16.6 Å². The van der Waals surface area contributed by atoms with Crippen LogP contribution in [-0.2, 0) is 0 Å². The quantitative estimate of drug-likeness (QED) is 0.284. The number of rotatable bonds is 4. The molecule has 1 aliphatic rings. The van der Waals surface area contributed by atoms with Crippen LogP contribution >= 0.6 is 0 Å². The van der Waals surface area contributed by atoms with Gasteiger partial charge in [-0.3, -0.25) is 0 Å². The van der Waals surface area contributed by atoms with Gasteiger partial charge in [-0.1, -0.05) is 19.1 Å². The van der Waals surface area contributed by atoms with E-state index in [4.69, 9.17) is 0 Å². The Hall–Kier alpha value is -3.66. The summed E-state index contributed by atoms with van der Waals surface area (Å²) in [4.78, 5) is 0. The first-order valence-corrected chi connectivity index (χ1v) is 11.3. The Bertz CT molecular complexity index is 1430. The first-order valence-electron chi connectivity index (χ1n) is 11.3. The summed E-state index contributed by atoms with van der Waals surface area (Å²) in [6, 6.07) is 10.8. The van der Waals surface area contributed by atoms with Crippen LogP contribution in [0.4, 0.5) is 27.6 Å². The lowest BCUT2D eigenvalue weighted by molar-refractivity contribution is -0.272. The van der Waals surface area contributed by atoms with E-state index in [0.717, 1.165) is 6.07 Å². The summed E-state index contributed by atoms with van der Waals surface area (Å²) in [5.41, 5.74) is -1.85. The zero-order valence-electron chi connectivity index (χ0n) is 19.0. The third-order valence-electron chi connectivity index (χ3n) is 6.92. The van der Waals surface area contributed by atoms with E-state index in [1.54, 1.807) is 25.1 Å². The molecule has 1 aromatic heterocycles. The van der Waals surface area contributed by atoms with Crippen molar-refractivity contribution in [3.63, 3.8) is 0 Å². The van der Waals surface area contributed by atoms with Crippen LogP contribution in [0.25, 0.3) is 16.6 Å². The fraction of sp³-hybridized carbons (Fsp3) is 0.269. The van der Waals surface area contributed by atoms with Crippen molar-refractivity contribution < 1.29 is 32.2 Å². The zero-order chi connectivity index (χ0) is 25.8. The van der Waals surface area contributed by atoms with E-state index < -0.39 is 47.5 Å². The van der Waals surface area contributed by atoms with Crippen LogP contribution in [-0.4, -0.2) is 31.8 Å². The SMILES string of the molecule is CC[C@H]1C[C@](O)(C(F)(F)F)[C@@H](Nc2cccc3c2cnn3-c2ccc(F)cc2)c2ccc(F)c(O)c21.